The van der Waals surface area contributed by atoms with Crippen LogP contribution in [0, 0.1) is 0 Å². The van der Waals surface area contributed by atoms with Crippen LogP contribution in [0.15, 0.2) is 42.9 Å². The highest BCUT2D eigenvalue weighted by Crippen LogP contribution is 2.23. The second-order valence-corrected chi connectivity index (χ2v) is 5.28. The van der Waals surface area contributed by atoms with Gasteiger partial charge in [0.05, 0.1) is 5.39 Å². The highest BCUT2D eigenvalue weighted by Gasteiger charge is 2.11. The predicted octanol–water partition coefficient (Wildman–Crippen LogP) is 3.26. The number of halogens is 1. The largest absolute Gasteiger partial charge is 0.355 e. The third kappa shape index (κ3) is 2.34. The van der Waals surface area contributed by atoms with Gasteiger partial charge in [-0.25, -0.2) is 9.97 Å². The van der Waals surface area contributed by atoms with Gasteiger partial charge in [-0.2, -0.15) is 0 Å². The number of rotatable bonds is 3. The van der Waals surface area contributed by atoms with Crippen molar-refractivity contribution in [3.63, 3.8) is 0 Å². The molecule has 0 saturated carbocycles. The van der Waals surface area contributed by atoms with Crippen LogP contribution in [0.5, 0.6) is 0 Å². The molecule has 0 aliphatic rings. The van der Waals surface area contributed by atoms with Crippen LogP contribution in [0.3, 0.4) is 0 Å². The summed E-state index contributed by atoms with van der Waals surface area (Å²) in [6, 6.07) is 9.92. The van der Waals surface area contributed by atoms with Gasteiger partial charge in [0.2, 0.25) is 0 Å². The Morgan fingerprint density at radius 3 is 2.65 bits per heavy atom. The van der Waals surface area contributed by atoms with Gasteiger partial charge in [-0.3, -0.25) is 0 Å². The van der Waals surface area contributed by atoms with E-state index in [-0.39, 0.29) is 0 Å². The molecule has 2 heterocycles. The van der Waals surface area contributed by atoms with Gasteiger partial charge in [0, 0.05) is 31.9 Å². The van der Waals surface area contributed by atoms with Crippen molar-refractivity contribution in [2.45, 2.75) is 6.54 Å². The smallest absolute Gasteiger partial charge is 0.145 e. The van der Waals surface area contributed by atoms with E-state index < -0.39 is 0 Å². The number of hydrogen-bond donors (Lipinski definition) is 0. The van der Waals surface area contributed by atoms with E-state index in [9.17, 15) is 0 Å². The Kier molecular flexibility index (Phi) is 3.32. The fourth-order valence-corrected chi connectivity index (χ4v) is 2.43. The highest BCUT2D eigenvalue weighted by atomic mass is 35.5. The third-order valence-electron chi connectivity index (χ3n) is 3.34. The lowest BCUT2D eigenvalue weighted by atomic mass is 10.2. The molecule has 2 aromatic heterocycles. The lowest BCUT2D eigenvalue weighted by Crippen LogP contribution is -2.18. The lowest BCUT2D eigenvalue weighted by Gasteiger charge is -2.19. The molecular formula is C15H15ClN4. The molecule has 0 N–H and O–H groups in total. The van der Waals surface area contributed by atoms with E-state index >= 15 is 0 Å². The maximum Gasteiger partial charge on any atom is 0.145 e. The molecule has 0 radical (unpaired) electrons. The topological polar surface area (TPSA) is 34.0 Å². The fraction of sp³-hybridized carbons (Fsp3) is 0.200. The Bertz CT molecular complexity index is 733. The van der Waals surface area contributed by atoms with Gasteiger partial charge in [0.25, 0.3) is 0 Å². The minimum Gasteiger partial charge on any atom is -0.355 e. The summed E-state index contributed by atoms with van der Waals surface area (Å²) in [7, 11) is 4.02. The standard InChI is InChI=1S/C15H15ClN4/c1-19-8-7-13-14(19)17-10-18-15(13)20(2)9-11-3-5-12(16)6-4-11/h3-8,10H,9H2,1-2H3. The van der Waals surface area contributed by atoms with Crippen LogP contribution in [0.25, 0.3) is 11.0 Å². The Hall–Kier alpha value is -2.07. The fourth-order valence-electron chi connectivity index (χ4n) is 2.31. The minimum atomic E-state index is 0.754. The van der Waals surface area contributed by atoms with Gasteiger partial charge < -0.3 is 9.47 Å². The quantitative estimate of drug-likeness (QED) is 0.741. The van der Waals surface area contributed by atoms with Gasteiger partial charge in [-0.05, 0) is 23.8 Å². The maximum absolute atomic E-state index is 5.91. The third-order valence-corrected chi connectivity index (χ3v) is 3.59. The molecule has 0 unspecified atom stereocenters. The van der Waals surface area contributed by atoms with Crippen LogP contribution in [-0.4, -0.2) is 21.6 Å². The second kappa shape index (κ2) is 5.13. The van der Waals surface area contributed by atoms with E-state index in [1.54, 1.807) is 6.33 Å². The molecular weight excluding hydrogens is 272 g/mol. The van der Waals surface area contributed by atoms with E-state index in [0.29, 0.717) is 0 Å². The van der Waals surface area contributed by atoms with Crippen molar-refractivity contribution in [1.82, 2.24) is 14.5 Å². The molecule has 20 heavy (non-hydrogen) atoms. The monoisotopic (exact) mass is 286 g/mol. The van der Waals surface area contributed by atoms with E-state index in [0.717, 1.165) is 28.4 Å². The molecule has 4 nitrogen and oxygen atoms in total. The van der Waals surface area contributed by atoms with E-state index in [1.807, 2.05) is 55.2 Å². The van der Waals surface area contributed by atoms with E-state index in [2.05, 4.69) is 14.9 Å². The summed E-state index contributed by atoms with van der Waals surface area (Å²) in [6.07, 6.45) is 3.61. The first kappa shape index (κ1) is 12.9. The molecule has 3 aromatic rings. The van der Waals surface area contributed by atoms with E-state index in [1.165, 1.54) is 5.56 Å². The summed E-state index contributed by atoms with van der Waals surface area (Å²) < 4.78 is 2.00. The van der Waals surface area contributed by atoms with Crippen molar-refractivity contribution >= 4 is 28.5 Å². The SMILES string of the molecule is CN(Cc1ccc(Cl)cc1)c1ncnc2c1ccn2C. The van der Waals surface area contributed by atoms with Crippen molar-refractivity contribution in [2.75, 3.05) is 11.9 Å². The van der Waals surface area contributed by atoms with Gasteiger partial charge in [0.1, 0.15) is 17.8 Å². The van der Waals surface area contributed by atoms with Crippen molar-refractivity contribution < 1.29 is 0 Å². The van der Waals surface area contributed by atoms with E-state index in [4.69, 9.17) is 11.6 Å². The average Bonchev–Trinajstić information content (AvgIpc) is 2.83. The predicted molar refractivity (Wildman–Crippen MR) is 82.1 cm³/mol. The molecule has 0 saturated heterocycles. The maximum atomic E-state index is 5.91. The van der Waals surface area contributed by atoms with Crippen LogP contribution in [0.4, 0.5) is 5.82 Å². The normalized spacial score (nSPS) is 10.9. The summed E-state index contributed by atoms with van der Waals surface area (Å²) in [5.74, 6) is 0.936. The Morgan fingerprint density at radius 1 is 1.15 bits per heavy atom. The Balaban J connectivity index is 1.92. The summed E-state index contributed by atoms with van der Waals surface area (Å²) in [4.78, 5) is 10.8. The summed E-state index contributed by atoms with van der Waals surface area (Å²) in [6.45, 7) is 0.776. The second-order valence-electron chi connectivity index (χ2n) is 4.84. The first-order valence-corrected chi connectivity index (χ1v) is 6.74. The molecule has 0 spiro atoms. The zero-order valence-electron chi connectivity index (χ0n) is 11.4. The molecule has 0 amide bonds. The van der Waals surface area contributed by atoms with Gasteiger partial charge in [0.15, 0.2) is 0 Å². The number of nitrogens with zero attached hydrogens (tertiary/aromatic N) is 4. The molecule has 0 aliphatic carbocycles. The van der Waals surface area contributed by atoms with Crippen LogP contribution in [0.1, 0.15) is 5.56 Å². The number of fused-ring (bicyclic) bond motifs is 1. The number of aromatic nitrogens is 3. The minimum absolute atomic E-state index is 0.754. The van der Waals surface area contributed by atoms with Crippen molar-refractivity contribution in [2.24, 2.45) is 7.05 Å². The Morgan fingerprint density at radius 2 is 1.90 bits per heavy atom. The van der Waals surface area contributed by atoms with Crippen LogP contribution >= 0.6 is 11.6 Å². The van der Waals surface area contributed by atoms with Crippen LogP contribution in [0.2, 0.25) is 5.02 Å². The number of benzene rings is 1. The first-order valence-electron chi connectivity index (χ1n) is 6.37. The van der Waals surface area contributed by atoms with Crippen LogP contribution in [-0.2, 0) is 13.6 Å². The lowest BCUT2D eigenvalue weighted by molar-refractivity contribution is 0.894. The first-order chi connectivity index (χ1) is 9.65. The molecule has 0 atom stereocenters. The molecule has 102 valence electrons. The van der Waals surface area contributed by atoms with Gasteiger partial charge in [-0.15, -0.1) is 0 Å². The van der Waals surface area contributed by atoms with Crippen molar-refractivity contribution in [3.05, 3.63) is 53.4 Å². The summed E-state index contributed by atoms with van der Waals surface area (Å²) >= 11 is 5.91. The summed E-state index contributed by atoms with van der Waals surface area (Å²) in [5.41, 5.74) is 2.14. The zero-order chi connectivity index (χ0) is 14.1. The molecule has 0 fully saturated rings. The number of hydrogen-bond acceptors (Lipinski definition) is 3. The molecule has 0 aliphatic heterocycles. The molecule has 3 rings (SSSR count). The van der Waals surface area contributed by atoms with Crippen LogP contribution < -0.4 is 4.90 Å². The van der Waals surface area contributed by atoms with Crippen molar-refractivity contribution in [1.29, 1.82) is 0 Å². The number of anilines is 1. The van der Waals surface area contributed by atoms with Crippen molar-refractivity contribution in [3.8, 4) is 0 Å². The Labute approximate surface area is 122 Å². The highest BCUT2D eigenvalue weighted by molar-refractivity contribution is 6.30. The molecule has 0 bridgehead atoms. The molecule has 5 heteroatoms. The average molecular weight is 287 g/mol. The molecule has 1 aromatic carbocycles. The number of aryl methyl sites for hydroxylation is 1. The van der Waals surface area contributed by atoms with Gasteiger partial charge in [-0.1, -0.05) is 23.7 Å². The zero-order valence-corrected chi connectivity index (χ0v) is 12.2. The van der Waals surface area contributed by atoms with Gasteiger partial charge >= 0.3 is 0 Å². The summed E-state index contributed by atoms with van der Waals surface area (Å²) in [5, 5.41) is 1.82.